The number of nitrogens with one attached hydrogen (secondary N) is 1. The molecule has 1 saturated heterocycles. The molecule has 132 valence electrons. The van der Waals surface area contributed by atoms with Crippen molar-refractivity contribution in [3.05, 3.63) is 46.2 Å². The Hall–Kier alpha value is -2.92. The van der Waals surface area contributed by atoms with Crippen molar-refractivity contribution < 1.29 is 9.72 Å². The first-order chi connectivity index (χ1) is 11.9. The van der Waals surface area contributed by atoms with Gasteiger partial charge in [-0.15, -0.1) is 0 Å². The molecule has 0 unspecified atom stereocenters. The molecule has 0 radical (unpaired) electrons. The summed E-state index contributed by atoms with van der Waals surface area (Å²) in [7, 11) is 3.90. The smallest absolute Gasteiger partial charge is 0.292 e. The van der Waals surface area contributed by atoms with Gasteiger partial charge in [0, 0.05) is 25.4 Å². The second-order valence-electron chi connectivity index (χ2n) is 6.08. The number of likely N-dealkylation sites (tertiary alicyclic amines) is 1. The van der Waals surface area contributed by atoms with Crippen molar-refractivity contribution in [1.29, 1.82) is 5.26 Å². The summed E-state index contributed by atoms with van der Waals surface area (Å²) >= 11 is 0. The summed E-state index contributed by atoms with van der Waals surface area (Å²) in [5.74, 6) is -0.656. The van der Waals surface area contributed by atoms with Crippen LogP contribution in [0.3, 0.4) is 0 Å². The zero-order valence-corrected chi connectivity index (χ0v) is 14.3. The molecule has 0 spiro atoms. The average Bonchev–Trinajstić information content (AvgIpc) is 2.60. The molecule has 1 heterocycles. The first-order valence-electron chi connectivity index (χ1n) is 7.99. The Morgan fingerprint density at radius 3 is 2.68 bits per heavy atom. The van der Waals surface area contributed by atoms with Crippen LogP contribution >= 0.6 is 0 Å². The number of benzene rings is 1. The molecule has 0 aromatic heterocycles. The van der Waals surface area contributed by atoms with Gasteiger partial charge in [0.2, 0.25) is 0 Å². The Morgan fingerprint density at radius 1 is 1.44 bits per heavy atom. The van der Waals surface area contributed by atoms with Crippen LogP contribution in [0.5, 0.6) is 0 Å². The van der Waals surface area contributed by atoms with E-state index in [-0.39, 0.29) is 23.0 Å². The largest absolute Gasteiger partial charge is 0.376 e. The van der Waals surface area contributed by atoms with E-state index in [1.807, 2.05) is 18.0 Å². The topological polar surface area (TPSA) is 103 Å². The lowest BCUT2D eigenvalue weighted by Crippen LogP contribution is -2.40. The van der Waals surface area contributed by atoms with E-state index in [4.69, 9.17) is 0 Å². The summed E-state index contributed by atoms with van der Waals surface area (Å²) in [5.41, 5.74) is -0.225. The molecule has 0 aliphatic carbocycles. The number of amides is 1. The molecule has 2 rings (SSSR count). The molecular weight excluding hydrogens is 322 g/mol. The minimum Gasteiger partial charge on any atom is -0.376 e. The van der Waals surface area contributed by atoms with E-state index in [9.17, 15) is 20.2 Å². The van der Waals surface area contributed by atoms with Crippen molar-refractivity contribution in [2.24, 2.45) is 0 Å². The summed E-state index contributed by atoms with van der Waals surface area (Å²) in [5, 5.41) is 22.8. The van der Waals surface area contributed by atoms with Gasteiger partial charge in [0.15, 0.2) is 0 Å². The number of nitriles is 1. The Balaban J connectivity index is 2.11. The zero-order chi connectivity index (χ0) is 18.4. The molecule has 1 N–H and O–H groups in total. The van der Waals surface area contributed by atoms with Gasteiger partial charge in [-0.3, -0.25) is 14.9 Å². The highest BCUT2D eigenvalue weighted by molar-refractivity contribution is 6.07. The number of carbonyl (C=O) groups excluding carboxylic acids is 1. The average molecular weight is 343 g/mol. The molecule has 8 nitrogen and oxygen atoms in total. The van der Waals surface area contributed by atoms with Gasteiger partial charge in [0.05, 0.1) is 4.92 Å². The van der Waals surface area contributed by atoms with E-state index in [2.05, 4.69) is 17.3 Å². The standard InChI is InChI=1S/C17H21N5O3/c1-20-9-7-14(8-10-20)21(2)12-13(11-18)17(23)19-15-5-3-4-6-16(15)22(24)25/h3-6,12,14H,7-10H2,1-2H3,(H,19,23)/b13-12-. The molecule has 1 aliphatic rings. The fraction of sp³-hybridized carbons (Fsp3) is 0.412. The predicted molar refractivity (Wildman–Crippen MR) is 93.7 cm³/mol. The van der Waals surface area contributed by atoms with Crippen LogP contribution in [0.1, 0.15) is 12.8 Å². The van der Waals surface area contributed by atoms with Gasteiger partial charge in [-0.05, 0) is 39.0 Å². The van der Waals surface area contributed by atoms with Crippen LogP contribution in [-0.4, -0.2) is 53.9 Å². The molecule has 1 fully saturated rings. The van der Waals surface area contributed by atoms with Crippen molar-refractivity contribution in [3.8, 4) is 6.07 Å². The van der Waals surface area contributed by atoms with Crippen molar-refractivity contribution >= 4 is 17.3 Å². The number of rotatable bonds is 5. The maximum atomic E-state index is 12.3. The second-order valence-corrected chi connectivity index (χ2v) is 6.08. The fourth-order valence-corrected chi connectivity index (χ4v) is 2.78. The third-order valence-corrected chi connectivity index (χ3v) is 4.31. The minimum absolute atomic E-state index is 0.0700. The Bertz CT molecular complexity index is 717. The second kappa shape index (κ2) is 8.26. The van der Waals surface area contributed by atoms with E-state index in [1.165, 1.54) is 24.4 Å². The molecule has 1 aromatic rings. The SMILES string of the molecule is CN1CCC(N(C)/C=C(/C#N)C(=O)Nc2ccccc2[N+](=O)[O-])CC1. The first-order valence-corrected chi connectivity index (χ1v) is 7.99. The van der Waals surface area contributed by atoms with Crippen LogP contribution in [0.2, 0.25) is 0 Å². The molecule has 1 aromatic carbocycles. The van der Waals surface area contributed by atoms with Gasteiger partial charge in [-0.2, -0.15) is 5.26 Å². The lowest BCUT2D eigenvalue weighted by Gasteiger charge is -2.34. The monoisotopic (exact) mass is 343 g/mol. The summed E-state index contributed by atoms with van der Waals surface area (Å²) in [6, 6.07) is 7.98. The highest BCUT2D eigenvalue weighted by atomic mass is 16.6. The number of nitro groups is 1. The fourth-order valence-electron chi connectivity index (χ4n) is 2.78. The number of para-hydroxylation sites is 2. The minimum atomic E-state index is -0.656. The van der Waals surface area contributed by atoms with E-state index in [1.54, 1.807) is 6.07 Å². The quantitative estimate of drug-likeness (QED) is 0.379. The van der Waals surface area contributed by atoms with Crippen LogP contribution < -0.4 is 5.32 Å². The van der Waals surface area contributed by atoms with E-state index < -0.39 is 10.8 Å². The van der Waals surface area contributed by atoms with Gasteiger partial charge >= 0.3 is 0 Å². The number of anilines is 1. The number of piperidine rings is 1. The molecule has 0 bridgehead atoms. The summed E-state index contributed by atoms with van der Waals surface area (Å²) in [6.07, 6.45) is 3.42. The lowest BCUT2D eigenvalue weighted by atomic mass is 10.0. The van der Waals surface area contributed by atoms with E-state index in [0.717, 1.165) is 25.9 Å². The molecule has 1 aliphatic heterocycles. The maximum absolute atomic E-state index is 12.3. The Kier molecular flexibility index (Phi) is 6.08. The highest BCUT2D eigenvalue weighted by Crippen LogP contribution is 2.24. The van der Waals surface area contributed by atoms with Crippen LogP contribution in [0.25, 0.3) is 0 Å². The highest BCUT2D eigenvalue weighted by Gasteiger charge is 2.21. The molecule has 0 atom stereocenters. The van der Waals surface area contributed by atoms with Gasteiger partial charge in [0.25, 0.3) is 11.6 Å². The number of hydrogen-bond donors (Lipinski definition) is 1. The van der Waals surface area contributed by atoms with Crippen molar-refractivity contribution in [3.63, 3.8) is 0 Å². The van der Waals surface area contributed by atoms with Crippen LogP contribution in [-0.2, 0) is 4.79 Å². The lowest BCUT2D eigenvalue weighted by molar-refractivity contribution is -0.383. The van der Waals surface area contributed by atoms with Gasteiger partial charge in [-0.25, -0.2) is 0 Å². The number of nitrogens with zero attached hydrogens (tertiary/aromatic N) is 4. The first kappa shape index (κ1) is 18.4. The number of nitro benzene ring substituents is 1. The van der Waals surface area contributed by atoms with Crippen LogP contribution in [0.15, 0.2) is 36.0 Å². The van der Waals surface area contributed by atoms with Crippen LogP contribution in [0, 0.1) is 21.4 Å². The molecule has 25 heavy (non-hydrogen) atoms. The van der Waals surface area contributed by atoms with Crippen LogP contribution in [0.4, 0.5) is 11.4 Å². The molecule has 0 saturated carbocycles. The third kappa shape index (κ3) is 4.78. The van der Waals surface area contributed by atoms with Crippen molar-refractivity contribution in [2.45, 2.75) is 18.9 Å². The molecule has 1 amide bonds. The predicted octanol–water partition coefficient (Wildman–Crippen LogP) is 1.97. The Morgan fingerprint density at radius 2 is 2.08 bits per heavy atom. The summed E-state index contributed by atoms with van der Waals surface area (Å²) in [6.45, 7) is 1.93. The normalized spacial score (nSPS) is 16.1. The maximum Gasteiger partial charge on any atom is 0.292 e. The molecule has 8 heteroatoms. The number of hydrogen-bond acceptors (Lipinski definition) is 6. The number of carbonyl (C=O) groups is 1. The third-order valence-electron chi connectivity index (χ3n) is 4.31. The van der Waals surface area contributed by atoms with Crippen molar-refractivity contribution in [2.75, 3.05) is 32.5 Å². The van der Waals surface area contributed by atoms with Gasteiger partial charge < -0.3 is 15.1 Å². The van der Waals surface area contributed by atoms with E-state index in [0.29, 0.717) is 0 Å². The molecular formula is C17H21N5O3. The van der Waals surface area contributed by atoms with E-state index >= 15 is 0 Å². The van der Waals surface area contributed by atoms with Gasteiger partial charge in [-0.1, -0.05) is 12.1 Å². The Labute approximate surface area is 146 Å². The van der Waals surface area contributed by atoms with Gasteiger partial charge in [0.1, 0.15) is 17.3 Å². The summed E-state index contributed by atoms with van der Waals surface area (Å²) in [4.78, 5) is 26.9. The summed E-state index contributed by atoms with van der Waals surface area (Å²) < 4.78 is 0. The van der Waals surface area contributed by atoms with Crippen molar-refractivity contribution in [1.82, 2.24) is 9.80 Å². The zero-order valence-electron chi connectivity index (χ0n) is 14.3.